The summed E-state index contributed by atoms with van der Waals surface area (Å²) >= 11 is 1.34. The van der Waals surface area contributed by atoms with E-state index in [1.807, 2.05) is 24.3 Å². The highest BCUT2D eigenvalue weighted by molar-refractivity contribution is 8.02. The minimum absolute atomic E-state index is 0.104. The molecule has 1 amide bonds. The number of amides is 1. The van der Waals surface area contributed by atoms with Gasteiger partial charge < -0.3 is 4.74 Å². The van der Waals surface area contributed by atoms with Crippen molar-refractivity contribution in [3.63, 3.8) is 0 Å². The standard InChI is InChI=1S/C24H20N2O5S2/c1-25(33(29,30)19-7-3-2-4-8-19)17-11-13-18(14-12-17)31-23(28)24-16-15-22(27)26(24)20-9-5-6-10-21(20)32-24/h2-14H,15-16H2,1H3. The molecule has 0 bridgehead atoms. The van der Waals surface area contributed by atoms with E-state index in [0.29, 0.717) is 12.1 Å². The number of anilines is 2. The maximum absolute atomic E-state index is 13.3. The molecule has 0 spiro atoms. The van der Waals surface area contributed by atoms with Crippen LogP contribution in [0.1, 0.15) is 12.8 Å². The van der Waals surface area contributed by atoms with E-state index in [0.717, 1.165) is 10.6 Å². The quantitative estimate of drug-likeness (QED) is 0.405. The van der Waals surface area contributed by atoms with Crippen molar-refractivity contribution in [2.24, 2.45) is 0 Å². The van der Waals surface area contributed by atoms with Gasteiger partial charge in [-0.25, -0.2) is 13.2 Å². The van der Waals surface area contributed by atoms with Crippen LogP contribution < -0.4 is 13.9 Å². The third kappa shape index (κ3) is 3.48. The number of carbonyl (C=O) groups excluding carboxylic acids is 2. The molecule has 0 radical (unpaired) electrons. The van der Waals surface area contributed by atoms with Gasteiger partial charge >= 0.3 is 5.97 Å². The zero-order valence-electron chi connectivity index (χ0n) is 17.7. The van der Waals surface area contributed by atoms with Crippen LogP contribution in [0.4, 0.5) is 11.4 Å². The van der Waals surface area contributed by atoms with Crippen molar-refractivity contribution in [3.8, 4) is 5.75 Å². The summed E-state index contributed by atoms with van der Waals surface area (Å²) in [7, 11) is -2.24. The molecular formula is C24H20N2O5S2. The Bertz CT molecular complexity index is 1340. The van der Waals surface area contributed by atoms with Crippen molar-refractivity contribution >= 4 is 45.0 Å². The van der Waals surface area contributed by atoms with Gasteiger partial charge in [0.15, 0.2) is 4.87 Å². The van der Waals surface area contributed by atoms with Gasteiger partial charge in [0.2, 0.25) is 5.91 Å². The smallest absolute Gasteiger partial charge is 0.348 e. The molecule has 7 nitrogen and oxygen atoms in total. The van der Waals surface area contributed by atoms with Crippen molar-refractivity contribution in [1.82, 2.24) is 0 Å². The van der Waals surface area contributed by atoms with Crippen LogP contribution in [0.2, 0.25) is 0 Å². The minimum Gasteiger partial charge on any atom is -0.424 e. The van der Waals surface area contributed by atoms with Gasteiger partial charge in [0.25, 0.3) is 10.0 Å². The number of ether oxygens (including phenoxy) is 1. The Hall–Kier alpha value is -3.30. The summed E-state index contributed by atoms with van der Waals surface area (Å²) in [5, 5.41) is 0. The SMILES string of the molecule is CN(c1ccc(OC(=O)C23CCC(=O)N2c2ccccc2S3)cc1)S(=O)(=O)c1ccccc1. The van der Waals surface area contributed by atoms with E-state index in [4.69, 9.17) is 4.74 Å². The van der Waals surface area contributed by atoms with Crippen LogP contribution in [-0.2, 0) is 19.6 Å². The summed E-state index contributed by atoms with van der Waals surface area (Å²) < 4.78 is 32.5. The summed E-state index contributed by atoms with van der Waals surface area (Å²) in [4.78, 5) is 27.3. The van der Waals surface area contributed by atoms with Crippen molar-refractivity contribution in [3.05, 3.63) is 78.9 Å². The van der Waals surface area contributed by atoms with Crippen molar-refractivity contribution in [1.29, 1.82) is 0 Å². The number of esters is 1. The number of para-hydroxylation sites is 1. The van der Waals surface area contributed by atoms with Crippen molar-refractivity contribution in [2.45, 2.75) is 27.5 Å². The Balaban J connectivity index is 1.36. The minimum atomic E-state index is -3.71. The lowest BCUT2D eigenvalue weighted by molar-refractivity contribution is -0.137. The van der Waals surface area contributed by atoms with Gasteiger partial charge in [0.1, 0.15) is 5.75 Å². The Labute approximate surface area is 196 Å². The van der Waals surface area contributed by atoms with Crippen LogP contribution >= 0.6 is 11.8 Å². The van der Waals surface area contributed by atoms with Crippen LogP contribution in [0.5, 0.6) is 5.75 Å². The molecule has 3 aromatic carbocycles. The van der Waals surface area contributed by atoms with Crippen LogP contribution in [0.15, 0.2) is 88.7 Å². The molecule has 0 aliphatic carbocycles. The first kappa shape index (κ1) is 21.5. The number of benzene rings is 3. The summed E-state index contributed by atoms with van der Waals surface area (Å²) in [6.07, 6.45) is 0.637. The van der Waals surface area contributed by atoms with Gasteiger partial charge in [-0.2, -0.15) is 0 Å². The molecule has 1 unspecified atom stereocenters. The second kappa shape index (κ2) is 7.93. The molecular weight excluding hydrogens is 460 g/mol. The average molecular weight is 481 g/mol. The molecule has 2 aliphatic heterocycles. The maximum Gasteiger partial charge on any atom is 0.348 e. The first-order chi connectivity index (χ1) is 15.8. The highest BCUT2D eigenvalue weighted by atomic mass is 32.2. The number of fused-ring (bicyclic) bond motifs is 3. The predicted molar refractivity (Wildman–Crippen MR) is 126 cm³/mol. The highest BCUT2D eigenvalue weighted by Gasteiger charge is 2.58. The number of hydrogen-bond acceptors (Lipinski definition) is 6. The topological polar surface area (TPSA) is 84.0 Å². The molecule has 0 aromatic heterocycles. The monoisotopic (exact) mass is 480 g/mol. The number of hydrogen-bond donors (Lipinski definition) is 0. The summed E-state index contributed by atoms with van der Waals surface area (Å²) in [6.45, 7) is 0. The number of nitrogens with zero attached hydrogens (tertiary/aromatic N) is 2. The van der Waals surface area contributed by atoms with E-state index in [1.165, 1.54) is 35.2 Å². The predicted octanol–water partition coefficient (Wildman–Crippen LogP) is 4.05. The van der Waals surface area contributed by atoms with Gasteiger partial charge in [0, 0.05) is 24.8 Å². The van der Waals surface area contributed by atoms with E-state index in [2.05, 4.69) is 0 Å². The molecule has 1 atom stereocenters. The van der Waals surface area contributed by atoms with E-state index >= 15 is 0 Å². The number of carbonyl (C=O) groups is 2. The van der Waals surface area contributed by atoms with E-state index in [9.17, 15) is 18.0 Å². The fourth-order valence-corrected chi connectivity index (χ4v) is 6.68. The first-order valence-corrected chi connectivity index (χ1v) is 12.6. The van der Waals surface area contributed by atoms with Gasteiger partial charge in [-0.1, -0.05) is 42.1 Å². The largest absolute Gasteiger partial charge is 0.424 e. The number of thioether (sulfide) groups is 1. The first-order valence-electron chi connectivity index (χ1n) is 10.3. The third-order valence-corrected chi connectivity index (χ3v) is 9.06. The molecule has 1 saturated heterocycles. The molecule has 5 rings (SSSR count). The molecule has 1 fully saturated rings. The molecule has 0 saturated carbocycles. The van der Waals surface area contributed by atoms with Crippen molar-refractivity contribution < 1.29 is 22.7 Å². The maximum atomic E-state index is 13.3. The van der Waals surface area contributed by atoms with E-state index < -0.39 is 20.9 Å². The Morgan fingerprint density at radius 3 is 2.39 bits per heavy atom. The fraction of sp³-hybridized carbons (Fsp3) is 0.167. The molecule has 9 heteroatoms. The molecule has 3 aromatic rings. The molecule has 0 N–H and O–H groups in total. The fourth-order valence-electron chi connectivity index (χ4n) is 4.07. The lowest BCUT2D eigenvalue weighted by atomic mass is 10.2. The third-order valence-electron chi connectivity index (χ3n) is 5.80. The summed E-state index contributed by atoms with van der Waals surface area (Å²) in [5.74, 6) is -0.348. The van der Waals surface area contributed by atoms with Crippen molar-refractivity contribution in [2.75, 3.05) is 16.3 Å². The number of rotatable bonds is 5. The van der Waals surface area contributed by atoms with Crippen LogP contribution in [0.3, 0.4) is 0 Å². The normalized spacial score (nSPS) is 19.2. The molecule has 2 aliphatic rings. The van der Waals surface area contributed by atoms with E-state index in [1.54, 1.807) is 47.4 Å². The lowest BCUT2D eigenvalue weighted by Crippen LogP contribution is -2.48. The average Bonchev–Trinajstić information content (AvgIpc) is 3.35. The van der Waals surface area contributed by atoms with Gasteiger partial charge in [0.05, 0.1) is 16.3 Å². The second-order valence-corrected chi connectivity index (χ2v) is 11.0. The van der Waals surface area contributed by atoms with Crippen LogP contribution in [0, 0.1) is 0 Å². The van der Waals surface area contributed by atoms with Gasteiger partial charge in [-0.15, -0.1) is 0 Å². The zero-order valence-corrected chi connectivity index (χ0v) is 19.3. The van der Waals surface area contributed by atoms with Crippen LogP contribution in [0.25, 0.3) is 0 Å². The Morgan fingerprint density at radius 1 is 1.00 bits per heavy atom. The van der Waals surface area contributed by atoms with Crippen LogP contribution in [-0.4, -0.2) is 32.2 Å². The molecule has 2 heterocycles. The summed E-state index contributed by atoms with van der Waals surface area (Å²) in [6, 6.07) is 21.8. The molecule has 33 heavy (non-hydrogen) atoms. The summed E-state index contributed by atoms with van der Waals surface area (Å²) in [5.41, 5.74) is 1.15. The highest BCUT2D eigenvalue weighted by Crippen LogP contribution is 2.56. The Morgan fingerprint density at radius 2 is 1.67 bits per heavy atom. The zero-order chi connectivity index (χ0) is 23.2. The Kier molecular flexibility index (Phi) is 5.18. The number of sulfonamides is 1. The molecule has 168 valence electrons. The lowest BCUT2D eigenvalue weighted by Gasteiger charge is -2.28. The van der Waals surface area contributed by atoms with E-state index in [-0.39, 0.29) is 23.0 Å². The van der Waals surface area contributed by atoms with Gasteiger partial charge in [-0.3, -0.25) is 14.0 Å². The van der Waals surface area contributed by atoms with Gasteiger partial charge in [-0.05, 0) is 48.5 Å². The second-order valence-electron chi connectivity index (χ2n) is 7.75.